The normalized spacial score (nSPS) is 10.6. The molecule has 14 heavy (non-hydrogen) atoms. The summed E-state index contributed by atoms with van der Waals surface area (Å²) in [6.45, 7) is 0. The molecule has 0 atom stereocenters. The Kier molecular flexibility index (Phi) is 2.20. The SMILES string of the molecule is O=C(O)Cc1c(Br)[nH]c2ncncc12. The van der Waals surface area contributed by atoms with Gasteiger partial charge < -0.3 is 10.1 Å². The van der Waals surface area contributed by atoms with E-state index in [0.717, 1.165) is 5.39 Å². The molecule has 0 saturated carbocycles. The first-order valence-corrected chi connectivity index (χ1v) is 4.65. The van der Waals surface area contributed by atoms with E-state index in [-0.39, 0.29) is 6.42 Å². The molecule has 2 aromatic rings. The molecule has 0 radical (unpaired) electrons. The molecule has 0 aromatic carbocycles. The molecule has 2 N–H and O–H groups in total. The maximum atomic E-state index is 10.6. The Morgan fingerprint density at radius 1 is 1.64 bits per heavy atom. The number of halogens is 1. The predicted octanol–water partition coefficient (Wildman–Crippen LogP) is 1.35. The molecule has 0 spiro atoms. The predicted molar refractivity (Wildman–Crippen MR) is 52.9 cm³/mol. The molecule has 0 bridgehead atoms. The lowest BCUT2D eigenvalue weighted by molar-refractivity contribution is -0.136. The molecule has 2 rings (SSSR count). The Morgan fingerprint density at radius 2 is 2.43 bits per heavy atom. The van der Waals surface area contributed by atoms with Crippen molar-refractivity contribution in [3.63, 3.8) is 0 Å². The van der Waals surface area contributed by atoms with Crippen LogP contribution in [0.15, 0.2) is 17.1 Å². The molecule has 72 valence electrons. The van der Waals surface area contributed by atoms with Gasteiger partial charge in [-0.25, -0.2) is 9.97 Å². The number of rotatable bonds is 2. The van der Waals surface area contributed by atoms with Crippen LogP contribution in [0.2, 0.25) is 0 Å². The fraction of sp³-hybridized carbons (Fsp3) is 0.125. The van der Waals surface area contributed by atoms with Crippen LogP contribution >= 0.6 is 15.9 Å². The summed E-state index contributed by atoms with van der Waals surface area (Å²) in [7, 11) is 0. The van der Waals surface area contributed by atoms with Crippen LogP contribution in [0, 0.1) is 0 Å². The second-order valence-electron chi connectivity index (χ2n) is 2.77. The Hall–Kier alpha value is -1.43. The van der Waals surface area contributed by atoms with Crippen LogP contribution in [0.25, 0.3) is 11.0 Å². The van der Waals surface area contributed by atoms with E-state index in [1.165, 1.54) is 6.33 Å². The van der Waals surface area contributed by atoms with Crippen LogP contribution < -0.4 is 0 Å². The van der Waals surface area contributed by atoms with Gasteiger partial charge in [0, 0.05) is 17.1 Å². The van der Waals surface area contributed by atoms with Crippen LogP contribution in [0.1, 0.15) is 5.56 Å². The third-order valence-electron chi connectivity index (χ3n) is 1.86. The lowest BCUT2D eigenvalue weighted by atomic mass is 10.2. The van der Waals surface area contributed by atoms with Gasteiger partial charge in [-0.1, -0.05) is 0 Å². The first kappa shape index (κ1) is 9.14. The highest BCUT2D eigenvalue weighted by Crippen LogP contribution is 2.24. The molecular weight excluding hydrogens is 250 g/mol. The van der Waals surface area contributed by atoms with E-state index in [4.69, 9.17) is 5.11 Å². The quantitative estimate of drug-likeness (QED) is 0.849. The molecular formula is C8H6BrN3O2. The van der Waals surface area contributed by atoms with E-state index in [1.807, 2.05) is 0 Å². The first-order valence-electron chi connectivity index (χ1n) is 3.86. The minimum absolute atomic E-state index is 0.0477. The van der Waals surface area contributed by atoms with Crippen molar-refractivity contribution in [3.05, 3.63) is 22.7 Å². The summed E-state index contributed by atoms with van der Waals surface area (Å²) >= 11 is 3.25. The van der Waals surface area contributed by atoms with Crippen molar-refractivity contribution in [2.45, 2.75) is 6.42 Å². The molecule has 2 heterocycles. The smallest absolute Gasteiger partial charge is 0.307 e. The van der Waals surface area contributed by atoms with Crippen molar-refractivity contribution in [3.8, 4) is 0 Å². The summed E-state index contributed by atoms with van der Waals surface area (Å²) < 4.78 is 0.649. The number of carbonyl (C=O) groups is 1. The van der Waals surface area contributed by atoms with Crippen LogP contribution in [0.3, 0.4) is 0 Å². The number of hydrogen-bond donors (Lipinski definition) is 2. The summed E-state index contributed by atoms with van der Waals surface area (Å²) in [6.07, 6.45) is 2.96. The van der Waals surface area contributed by atoms with Gasteiger partial charge in [-0.2, -0.15) is 0 Å². The second kappa shape index (κ2) is 3.38. The number of nitrogens with zero attached hydrogens (tertiary/aromatic N) is 2. The van der Waals surface area contributed by atoms with Gasteiger partial charge in [0.1, 0.15) is 12.0 Å². The summed E-state index contributed by atoms with van der Waals surface area (Å²) in [5.74, 6) is -0.879. The van der Waals surface area contributed by atoms with Gasteiger partial charge in [0.05, 0.1) is 11.0 Å². The molecule has 2 aromatic heterocycles. The Balaban J connectivity index is 2.62. The maximum Gasteiger partial charge on any atom is 0.307 e. The molecule has 6 heteroatoms. The number of aromatic nitrogens is 3. The summed E-state index contributed by atoms with van der Waals surface area (Å²) in [6, 6.07) is 0. The molecule has 5 nitrogen and oxygen atoms in total. The van der Waals surface area contributed by atoms with Crippen molar-refractivity contribution in [1.82, 2.24) is 15.0 Å². The van der Waals surface area contributed by atoms with Crippen LogP contribution in [0.5, 0.6) is 0 Å². The van der Waals surface area contributed by atoms with Crippen LogP contribution in [0.4, 0.5) is 0 Å². The zero-order valence-corrected chi connectivity index (χ0v) is 8.58. The fourth-order valence-electron chi connectivity index (χ4n) is 1.27. The number of fused-ring (bicyclic) bond motifs is 1. The highest BCUT2D eigenvalue weighted by molar-refractivity contribution is 9.10. The standard InChI is InChI=1S/C8H6BrN3O2/c9-7-4(1-6(13)14)5-2-10-3-11-8(5)12-7/h2-3H,1H2,(H,13,14)(H,10,11,12). The van der Waals surface area contributed by atoms with Gasteiger partial charge in [0.15, 0.2) is 0 Å². The minimum atomic E-state index is -0.879. The molecule has 0 aliphatic heterocycles. The fourth-order valence-corrected chi connectivity index (χ4v) is 1.81. The van der Waals surface area contributed by atoms with E-state index in [1.54, 1.807) is 6.20 Å². The lowest BCUT2D eigenvalue weighted by Gasteiger charge is -1.93. The molecule has 0 saturated heterocycles. The average Bonchev–Trinajstić information content (AvgIpc) is 2.43. The van der Waals surface area contributed by atoms with Gasteiger partial charge in [0.2, 0.25) is 0 Å². The van der Waals surface area contributed by atoms with E-state index in [2.05, 4.69) is 30.9 Å². The van der Waals surface area contributed by atoms with Gasteiger partial charge in [-0.3, -0.25) is 4.79 Å². The van der Waals surface area contributed by atoms with Gasteiger partial charge >= 0.3 is 5.97 Å². The highest BCUT2D eigenvalue weighted by atomic mass is 79.9. The second-order valence-corrected chi connectivity index (χ2v) is 3.57. The number of carboxylic acids is 1. The molecule has 0 aliphatic carbocycles. The molecule has 0 fully saturated rings. The van der Waals surface area contributed by atoms with E-state index in [0.29, 0.717) is 15.8 Å². The lowest BCUT2D eigenvalue weighted by Crippen LogP contribution is -1.99. The first-order chi connectivity index (χ1) is 6.68. The van der Waals surface area contributed by atoms with Gasteiger partial charge in [-0.15, -0.1) is 0 Å². The number of aliphatic carboxylic acids is 1. The number of carboxylic acid groups (broad SMARTS) is 1. The zero-order valence-electron chi connectivity index (χ0n) is 6.99. The van der Waals surface area contributed by atoms with Crippen molar-refractivity contribution < 1.29 is 9.90 Å². The third-order valence-corrected chi connectivity index (χ3v) is 2.54. The maximum absolute atomic E-state index is 10.6. The summed E-state index contributed by atoms with van der Waals surface area (Å²) in [5.41, 5.74) is 1.32. The van der Waals surface area contributed by atoms with Gasteiger partial charge in [0.25, 0.3) is 0 Å². The van der Waals surface area contributed by atoms with Crippen molar-refractivity contribution in [1.29, 1.82) is 0 Å². The Labute approximate surface area is 87.3 Å². The number of aromatic amines is 1. The van der Waals surface area contributed by atoms with Gasteiger partial charge in [-0.05, 0) is 15.9 Å². The Morgan fingerprint density at radius 3 is 3.14 bits per heavy atom. The largest absolute Gasteiger partial charge is 0.481 e. The van der Waals surface area contributed by atoms with E-state index < -0.39 is 5.97 Å². The van der Waals surface area contributed by atoms with E-state index in [9.17, 15) is 4.79 Å². The van der Waals surface area contributed by atoms with Crippen molar-refractivity contribution >= 4 is 32.9 Å². The van der Waals surface area contributed by atoms with E-state index >= 15 is 0 Å². The topological polar surface area (TPSA) is 78.9 Å². The molecule has 0 aliphatic rings. The molecule has 0 unspecified atom stereocenters. The zero-order chi connectivity index (χ0) is 10.1. The number of hydrogen-bond acceptors (Lipinski definition) is 3. The van der Waals surface area contributed by atoms with Crippen LogP contribution in [-0.2, 0) is 11.2 Å². The number of H-pyrrole nitrogens is 1. The van der Waals surface area contributed by atoms with Crippen molar-refractivity contribution in [2.24, 2.45) is 0 Å². The Bertz CT molecular complexity index is 494. The summed E-state index contributed by atoms with van der Waals surface area (Å²) in [4.78, 5) is 21.4. The highest BCUT2D eigenvalue weighted by Gasteiger charge is 2.12. The monoisotopic (exact) mass is 255 g/mol. The molecule has 0 amide bonds. The third kappa shape index (κ3) is 1.48. The summed E-state index contributed by atoms with van der Waals surface area (Å²) in [5, 5.41) is 9.43. The average molecular weight is 256 g/mol. The minimum Gasteiger partial charge on any atom is -0.481 e. The van der Waals surface area contributed by atoms with Crippen molar-refractivity contribution in [2.75, 3.05) is 0 Å². The van der Waals surface area contributed by atoms with Crippen LogP contribution in [-0.4, -0.2) is 26.0 Å². The number of nitrogens with one attached hydrogen (secondary N) is 1.